The van der Waals surface area contributed by atoms with Gasteiger partial charge >= 0.3 is 16.3 Å². The van der Waals surface area contributed by atoms with Crippen molar-refractivity contribution >= 4 is 28.7 Å². The molecule has 0 fully saturated rings. The van der Waals surface area contributed by atoms with Gasteiger partial charge in [-0.15, -0.1) is 12.4 Å². The Balaban J connectivity index is 0.00000441. The topological polar surface area (TPSA) is 119 Å². The minimum absolute atomic E-state index is 0. The van der Waals surface area contributed by atoms with Gasteiger partial charge in [-0.25, -0.2) is 0 Å². The molecule has 0 aliphatic carbocycles. The number of methoxy groups -OCH3 is 1. The van der Waals surface area contributed by atoms with Gasteiger partial charge in [-0.2, -0.15) is 12.7 Å². The maximum Gasteiger partial charge on any atom is 0.384 e. The molecule has 0 aromatic heterocycles. The van der Waals surface area contributed by atoms with Crippen molar-refractivity contribution in [1.29, 1.82) is 0 Å². The number of phenolic OH excluding ortho intramolecular Hbond substituents is 1. The standard InChI is InChI=1S/C12H18N2O6S.ClH/c1-14(2)21(17,18)20-11-7-8(4-5-10(11)15)6-9(13)12(16)19-3;/h4-5,7,9,15H,6,13H2,1-3H3;1H. The highest BCUT2D eigenvalue weighted by Gasteiger charge is 2.20. The zero-order valence-corrected chi connectivity index (χ0v) is 14.0. The quantitative estimate of drug-likeness (QED) is 0.692. The van der Waals surface area contributed by atoms with Crippen molar-refractivity contribution in [3.63, 3.8) is 0 Å². The van der Waals surface area contributed by atoms with E-state index in [1.807, 2.05) is 0 Å². The Morgan fingerprint density at radius 2 is 2.00 bits per heavy atom. The van der Waals surface area contributed by atoms with Crippen LogP contribution in [-0.2, 0) is 26.3 Å². The van der Waals surface area contributed by atoms with E-state index in [1.54, 1.807) is 0 Å². The van der Waals surface area contributed by atoms with Crippen LogP contribution in [0, 0.1) is 0 Å². The lowest BCUT2D eigenvalue weighted by atomic mass is 10.1. The third-order valence-electron chi connectivity index (χ3n) is 2.63. The van der Waals surface area contributed by atoms with Gasteiger partial charge in [-0.05, 0) is 24.1 Å². The summed E-state index contributed by atoms with van der Waals surface area (Å²) in [6.45, 7) is 0. The summed E-state index contributed by atoms with van der Waals surface area (Å²) >= 11 is 0. The van der Waals surface area contributed by atoms with Crippen LogP contribution in [0.25, 0.3) is 0 Å². The molecular formula is C12H19ClN2O6S. The first-order chi connectivity index (χ1) is 9.67. The summed E-state index contributed by atoms with van der Waals surface area (Å²) in [6.07, 6.45) is 0.116. The van der Waals surface area contributed by atoms with Crippen LogP contribution >= 0.6 is 12.4 Å². The predicted octanol–water partition coefficient (Wildman–Crippen LogP) is 0.0420. The fourth-order valence-electron chi connectivity index (χ4n) is 1.43. The molecule has 0 spiro atoms. The first-order valence-electron chi connectivity index (χ1n) is 5.94. The molecule has 1 rings (SSSR count). The number of ether oxygens (including phenoxy) is 1. The lowest BCUT2D eigenvalue weighted by Gasteiger charge is -2.14. The molecule has 0 aliphatic heterocycles. The van der Waals surface area contributed by atoms with Crippen LogP contribution in [0.1, 0.15) is 5.56 Å². The van der Waals surface area contributed by atoms with E-state index >= 15 is 0 Å². The van der Waals surface area contributed by atoms with Crippen LogP contribution in [0.4, 0.5) is 0 Å². The van der Waals surface area contributed by atoms with E-state index < -0.39 is 22.3 Å². The van der Waals surface area contributed by atoms with Gasteiger partial charge in [0.05, 0.1) is 7.11 Å². The normalized spacial score (nSPS) is 12.4. The fraction of sp³-hybridized carbons (Fsp3) is 0.417. The molecule has 22 heavy (non-hydrogen) atoms. The number of rotatable bonds is 6. The zero-order valence-electron chi connectivity index (χ0n) is 12.3. The minimum atomic E-state index is -3.99. The molecule has 0 aliphatic rings. The molecule has 8 nitrogen and oxygen atoms in total. The molecular weight excluding hydrogens is 336 g/mol. The van der Waals surface area contributed by atoms with Crippen molar-refractivity contribution in [2.45, 2.75) is 12.5 Å². The maximum absolute atomic E-state index is 11.6. The number of phenols is 1. The molecule has 0 saturated carbocycles. The summed E-state index contributed by atoms with van der Waals surface area (Å²) < 4.78 is 33.4. The Labute approximate surface area is 135 Å². The molecule has 10 heteroatoms. The third-order valence-corrected chi connectivity index (χ3v) is 3.91. The van der Waals surface area contributed by atoms with E-state index in [1.165, 1.54) is 39.4 Å². The zero-order chi connectivity index (χ0) is 16.2. The van der Waals surface area contributed by atoms with Gasteiger partial charge in [0.25, 0.3) is 0 Å². The van der Waals surface area contributed by atoms with Gasteiger partial charge in [0.1, 0.15) is 6.04 Å². The summed E-state index contributed by atoms with van der Waals surface area (Å²) in [5.41, 5.74) is 6.14. The van der Waals surface area contributed by atoms with Gasteiger partial charge < -0.3 is 19.8 Å². The van der Waals surface area contributed by atoms with E-state index in [2.05, 4.69) is 4.74 Å². The smallest absolute Gasteiger partial charge is 0.384 e. The number of nitrogens with two attached hydrogens (primary N) is 1. The summed E-state index contributed by atoms with van der Waals surface area (Å²) in [5, 5.41) is 9.64. The number of esters is 1. The van der Waals surface area contributed by atoms with Crippen molar-refractivity contribution < 1.29 is 27.2 Å². The average molecular weight is 355 g/mol. The van der Waals surface area contributed by atoms with Gasteiger partial charge in [0, 0.05) is 14.1 Å². The van der Waals surface area contributed by atoms with Crippen molar-refractivity contribution in [2.75, 3.05) is 21.2 Å². The molecule has 0 heterocycles. The number of hydrogen-bond acceptors (Lipinski definition) is 7. The molecule has 1 atom stereocenters. The number of benzene rings is 1. The lowest BCUT2D eigenvalue weighted by molar-refractivity contribution is -0.142. The van der Waals surface area contributed by atoms with E-state index in [0.29, 0.717) is 5.56 Å². The Kier molecular flexibility index (Phi) is 7.60. The molecule has 1 aromatic carbocycles. The van der Waals surface area contributed by atoms with Crippen molar-refractivity contribution in [1.82, 2.24) is 4.31 Å². The number of carbonyl (C=O) groups is 1. The fourth-order valence-corrected chi connectivity index (χ4v) is 1.94. The van der Waals surface area contributed by atoms with E-state index in [-0.39, 0.29) is 30.3 Å². The highest BCUT2D eigenvalue weighted by molar-refractivity contribution is 7.84. The summed E-state index contributed by atoms with van der Waals surface area (Å²) in [4.78, 5) is 11.3. The number of hydrogen-bond donors (Lipinski definition) is 2. The number of halogens is 1. The molecule has 1 unspecified atom stereocenters. The van der Waals surface area contributed by atoms with E-state index in [9.17, 15) is 18.3 Å². The predicted molar refractivity (Wildman–Crippen MR) is 82.3 cm³/mol. The Hall–Kier alpha value is -1.55. The molecule has 1 aromatic rings. The van der Waals surface area contributed by atoms with E-state index in [0.717, 1.165) is 4.31 Å². The first-order valence-corrected chi connectivity index (χ1v) is 7.31. The van der Waals surface area contributed by atoms with Crippen LogP contribution < -0.4 is 9.92 Å². The van der Waals surface area contributed by atoms with Gasteiger partial charge in [-0.1, -0.05) is 6.07 Å². The minimum Gasteiger partial charge on any atom is -0.504 e. The second kappa shape index (κ2) is 8.18. The third kappa shape index (κ3) is 5.34. The summed E-state index contributed by atoms with van der Waals surface area (Å²) in [5.74, 6) is -1.17. The number of carbonyl (C=O) groups excluding carboxylic acids is 1. The lowest BCUT2D eigenvalue weighted by Crippen LogP contribution is -2.33. The monoisotopic (exact) mass is 354 g/mol. The molecule has 0 amide bonds. The molecule has 0 saturated heterocycles. The largest absolute Gasteiger partial charge is 0.504 e. The number of nitrogens with zero attached hydrogens (tertiary/aromatic N) is 1. The van der Waals surface area contributed by atoms with Crippen LogP contribution in [0.5, 0.6) is 11.5 Å². The SMILES string of the molecule is COC(=O)C(N)Cc1ccc(O)c(OS(=O)(=O)N(C)C)c1.Cl. The van der Waals surface area contributed by atoms with Gasteiger partial charge in [-0.3, -0.25) is 4.79 Å². The van der Waals surface area contributed by atoms with Gasteiger partial charge in [0.15, 0.2) is 11.5 Å². The molecule has 0 bridgehead atoms. The van der Waals surface area contributed by atoms with Crippen molar-refractivity contribution in [3.8, 4) is 11.5 Å². The van der Waals surface area contributed by atoms with Crippen LogP contribution in [0.3, 0.4) is 0 Å². The number of aromatic hydroxyl groups is 1. The highest BCUT2D eigenvalue weighted by atomic mass is 35.5. The average Bonchev–Trinajstić information content (AvgIpc) is 2.41. The Morgan fingerprint density at radius 1 is 1.41 bits per heavy atom. The maximum atomic E-state index is 11.6. The van der Waals surface area contributed by atoms with Crippen molar-refractivity contribution in [2.24, 2.45) is 5.73 Å². The summed E-state index contributed by atoms with van der Waals surface area (Å²) in [7, 11) is -0.180. The summed E-state index contributed by atoms with van der Waals surface area (Å²) in [6, 6.07) is 3.18. The van der Waals surface area contributed by atoms with Crippen molar-refractivity contribution in [3.05, 3.63) is 23.8 Å². The second-order valence-corrected chi connectivity index (χ2v) is 6.21. The Bertz CT molecular complexity index is 620. The van der Waals surface area contributed by atoms with Crippen LogP contribution in [0.15, 0.2) is 18.2 Å². The van der Waals surface area contributed by atoms with Gasteiger partial charge in [0.2, 0.25) is 0 Å². The second-order valence-electron chi connectivity index (χ2n) is 4.46. The highest BCUT2D eigenvalue weighted by Crippen LogP contribution is 2.29. The molecule has 0 radical (unpaired) electrons. The van der Waals surface area contributed by atoms with Crippen LogP contribution in [0.2, 0.25) is 0 Å². The first kappa shape index (κ1) is 20.5. The molecule has 126 valence electrons. The van der Waals surface area contributed by atoms with E-state index in [4.69, 9.17) is 9.92 Å². The van der Waals surface area contributed by atoms with Crippen LogP contribution in [-0.4, -0.2) is 51.0 Å². The Morgan fingerprint density at radius 3 is 2.50 bits per heavy atom. The molecule has 3 N–H and O–H groups in total.